The van der Waals surface area contributed by atoms with Crippen molar-refractivity contribution in [2.24, 2.45) is 5.73 Å². The van der Waals surface area contributed by atoms with Crippen LogP contribution in [-0.2, 0) is 6.54 Å². The molecule has 0 atom stereocenters. The minimum absolute atomic E-state index is 0.419. The van der Waals surface area contributed by atoms with Gasteiger partial charge in [0.1, 0.15) is 10.9 Å². The Morgan fingerprint density at radius 1 is 1.40 bits per heavy atom. The van der Waals surface area contributed by atoms with Crippen LogP contribution in [0.4, 0.5) is 5.69 Å². The number of hydrogen-bond donors (Lipinski definition) is 2. The van der Waals surface area contributed by atoms with Gasteiger partial charge in [0.2, 0.25) is 5.91 Å². The number of amides is 1. The molecule has 0 saturated heterocycles. The van der Waals surface area contributed by atoms with Crippen molar-refractivity contribution in [1.29, 1.82) is 0 Å². The van der Waals surface area contributed by atoms with Gasteiger partial charge in [-0.15, -0.1) is 0 Å². The zero-order valence-corrected chi connectivity index (χ0v) is 11.6. The van der Waals surface area contributed by atoms with E-state index in [-0.39, 0.29) is 0 Å². The summed E-state index contributed by atoms with van der Waals surface area (Å²) in [6.07, 6.45) is 1.68. The molecule has 0 bridgehead atoms. The van der Waals surface area contributed by atoms with Crippen molar-refractivity contribution in [3.63, 3.8) is 0 Å². The van der Waals surface area contributed by atoms with Gasteiger partial charge >= 0.3 is 0 Å². The largest absolute Gasteiger partial charge is 0.495 e. The normalized spacial score (nSPS) is 10.1. The first kappa shape index (κ1) is 14.1. The highest BCUT2D eigenvalue weighted by atomic mass is 35.5. The first-order chi connectivity index (χ1) is 9.60. The van der Waals surface area contributed by atoms with Gasteiger partial charge in [-0.3, -0.25) is 4.79 Å². The lowest BCUT2D eigenvalue weighted by atomic mass is 10.1. The molecule has 1 amide bonds. The highest BCUT2D eigenvalue weighted by Gasteiger charge is 2.07. The predicted molar refractivity (Wildman–Crippen MR) is 78.1 cm³/mol. The number of nitrogens with two attached hydrogens (primary N) is 1. The van der Waals surface area contributed by atoms with Crippen LogP contribution in [0.3, 0.4) is 0 Å². The summed E-state index contributed by atoms with van der Waals surface area (Å²) in [5, 5.41) is 3.63. The topological polar surface area (TPSA) is 77.2 Å². The first-order valence-corrected chi connectivity index (χ1v) is 6.30. The van der Waals surface area contributed by atoms with Crippen molar-refractivity contribution in [1.82, 2.24) is 4.98 Å². The molecule has 0 aliphatic heterocycles. The molecule has 3 N–H and O–H groups in total. The second kappa shape index (κ2) is 6.25. The van der Waals surface area contributed by atoms with E-state index in [9.17, 15) is 4.79 Å². The Balaban J connectivity index is 2.16. The van der Waals surface area contributed by atoms with Gasteiger partial charge in [0.25, 0.3) is 0 Å². The number of halogens is 1. The molecular weight excluding hydrogens is 278 g/mol. The van der Waals surface area contributed by atoms with E-state index < -0.39 is 5.91 Å². The highest BCUT2D eigenvalue weighted by Crippen LogP contribution is 2.26. The molecule has 20 heavy (non-hydrogen) atoms. The Morgan fingerprint density at radius 3 is 2.80 bits per heavy atom. The number of rotatable bonds is 5. The second-order valence-electron chi connectivity index (χ2n) is 4.12. The van der Waals surface area contributed by atoms with E-state index >= 15 is 0 Å². The Kier molecular flexibility index (Phi) is 4.42. The number of aromatic nitrogens is 1. The molecule has 2 rings (SSSR count). The Morgan fingerprint density at radius 2 is 2.20 bits per heavy atom. The van der Waals surface area contributed by atoms with E-state index in [1.165, 1.54) is 0 Å². The number of carbonyl (C=O) groups is 1. The fraction of sp³-hybridized carbons (Fsp3) is 0.143. The Bertz CT molecular complexity index is 614. The van der Waals surface area contributed by atoms with Crippen LogP contribution in [0.15, 0.2) is 36.5 Å². The van der Waals surface area contributed by atoms with Gasteiger partial charge in [-0.25, -0.2) is 4.98 Å². The summed E-state index contributed by atoms with van der Waals surface area (Å²) in [6, 6.07) is 8.56. The minimum Gasteiger partial charge on any atom is -0.495 e. The molecule has 1 aromatic heterocycles. The number of methoxy groups -OCH3 is 1. The Labute approximate surface area is 121 Å². The molecule has 5 nitrogen and oxygen atoms in total. The average molecular weight is 292 g/mol. The van der Waals surface area contributed by atoms with Crippen molar-refractivity contribution in [3.05, 3.63) is 52.8 Å². The molecule has 0 unspecified atom stereocenters. The molecule has 6 heteroatoms. The van der Waals surface area contributed by atoms with Crippen molar-refractivity contribution >= 4 is 23.2 Å². The van der Waals surface area contributed by atoms with E-state index in [2.05, 4.69) is 10.3 Å². The first-order valence-electron chi connectivity index (χ1n) is 5.92. The number of benzene rings is 1. The van der Waals surface area contributed by atoms with E-state index in [1.807, 2.05) is 6.07 Å². The second-order valence-corrected chi connectivity index (χ2v) is 4.51. The van der Waals surface area contributed by atoms with Crippen LogP contribution in [0, 0.1) is 0 Å². The highest BCUT2D eigenvalue weighted by molar-refractivity contribution is 6.29. The van der Waals surface area contributed by atoms with Gasteiger partial charge < -0.3 is 15.8 Å². The summed E-state index contributed by atoms with van der Waals surface area (Å²) in [5.74, 6) is 0.154. The van der Waals surface area contributed by atoms with E-state index in [1.54, 1.807) is 37.6 Å². The van der Waals surface area contributed by atoms with Crippen LogP contribution in [0.5, 0.6) is 5.75 Å². The molecule has 0 radical (unpaired) electrons. The summed E-state index contributed by atoms with van der Waals surface area (Å²) in [6.45, 7) is 0.531. The molecule has 0 saturated carbocycles. The monoisotopic (exact) mass is 291 g/mol. The maximum absolute atomic E-state index is 11.2. The number of pyridine rings is 1. The quantitative estimate of drug-likeness (QED) is 0.830. The Hall–Kier alpha value is -2.27. The van der Waals surface area contributed by atoms with Crippen molar-refractivity contribution in [3.8, 4) is 5.75 Å². The number of carbonyl (C=O) groups excluding carboxylic acids is 1. The van der Waals surface area contributed by atoms with Crippen molar-refractivity contribution in [2.45, 2.75) is 6.54 Å². The van der Waals surface area contributed by atoms with Gasteiger partial charge in [0.15, 0.2) is 0 Å². The molecule has 0 aliphatic rings. The zero-order chi connectivity index (χ0) is 14.5. The van der Waals surface area contributed by atoms with Gasteiger partial charge in [-0.2, -0.15) is 0 Å². The van der Waals surface area contributed by atoms with Gasteiger partial charge in [0, 0.05) is 18.3 Å². The number of anilines is 1. The molecule has 0 fully saturated rings. The molecule has 104 valence electrons. The number of primary amides is 1. The molecule has 1 aromatic carbocycles. The van der Waals surface area contributed by atoms with Crippen molar-refractivity contribution in [2.75, 3.05) is 12.4 Å². The van der Waals surface area contributed by atoms with Crippen LogP contribution >= 0.6 is 11.6 Å². The third kappa shape index (κ3) is 3.39. The molecule has 2 aromatic rings. The molecular formula is C14H14ClN3O2. The van der Waals surface area contributed by atoms with Crippen LogP contribution < -0.4 is 15.8 Å². The van der Waals surface area contributed by atoms with Gasteiger partial charge in [-0.05, 0) is 29.8 Å². The number of nitrogens with zero attached hydrogens (tertiary/aromatic N) is 1. The van der Waals surface area contributed by atoms with Gasteiger partial charge in [0.05, 0.1) is 12.8 Å². The third-order valence-corrected chi connectivity index (χ3v) is 2.98. The zero-order valence-electron chi connectivity index (χ0n) is 10.9. The predicted octanol–water partition coefficient (Wildman–Crippen LogP) is 2.45. The lowest BCUT2D eigenvalue weighted by Gasteiger charge is -2.12. The summed E-state index contributed by atoms with van der Waals surface area (Å²) >= 11 is 5.73. The lowest BCUT2D eigenvalue weighted by Crippen LogP contribution is -2.11. The molecule has 0 spiro atoms. The van der Waals surface area contributed by atoms with Crippen LogP contribution in [0.2, 0.25) is 5.15 Å². The summed E-state index contributed by atoms with van der Waals surface area (Å²) in [7, 11) is 1.56. The standard InChI is InChI=1S/C14H14ClN3O2/c1-20-12-4-3-10(14(16)19)6-11(12)17-7-9-2-5-13(15)18-8-9/h2-6,8,17H,7H2,1H3,(H2,16,19). The SMILES string of the molecule is COc1ccc(C(N)=O)cc1NCc1ccc(Cl)nc1. The van der Waals surface area contributed by atoms with E-state index in [0.717, 1.165) is 5.56 Å². The number of nitrogens with one attached hydrogen (secondary N) is 1. The minimum atomic E-state index is -0.483. The smallest absolute Gasteiger partial charge is 0.248 e. The number of hydrogen-bond acceptors (Lipinski definition) is 4. The fourth-order valence-electron chi connectivity index (χ4n) is 1.71. The maximum atomic E-state index is 11.2. The summed E-state index contributed by atoms with van der Waals surface area (Å²) < 4.78 is 5.24. The molecule has 1 heterocycles. The van der Waals surface area contributed by atoms with Crippen molar-refractivity contribution < 1.29 is 9.53 Å². The maximum Gasteiger partial charge on any atom is 0.248 e. The summed E-state index contributed by atoms with van der Waals surface area (Å²) in [5.41, 5.74) is 7.34. The van der Waals surface area contributed by atoms with E-state index in [0.29, 0.717) is 28.7 Å². The fourth-order valence-corrected chi connectivity index (χ4v) is 1.82. The average Bonchev–Trinajstić information content (AvgIpc) is 2.46. The van der Waals surface area contributed by atoms with Gasteiger partial charge in [-0.1, -0.05) is 17.7 Å². The van der Waals surface area contributed by atoms with Crippen LogP contribution in [0.1, 0.15) is 15.9 Å². The van der Waals surface area contributed by atoms with Crippen LogP contribution in [0.25, 0.3) is 0 Å². The lowest BCUT2D eigenvalue weighted by molar-refractivity contribution is 0.100. The number of ether oxygens (including phenoxy) is 1. The third-order valence-electron chi connectivity index (χ3n) is 2.76. The molecule has 0 aliphatic carbocycles. The summed E-state index contributed by atoms with van der Waals surface area (Å²) in [4.78, 5) is 15.2. The van der Waals surface area contributed by atoms with E-state index in [4.69, 9.17) is 22.1 Å². The van der Waals surface area contributed by atoms with Crippen LogP contribution in [-0.4, -0.2) is 18.0 Å².